The van der Waals surface area contributed by atoms with Gasteiger partial charge in [-0.05, 0) is 18.6 Å². The molecule has 1 aliphatic rings. The summed E-state index contributed by atoms with van der Waals surface area (Å²) in [4.78, 5) is 0.586. The molecule has 0 aromatic rings. The molecule has 0 aliphatic heterocycles. The predicted octanol–water partition coefficient (Wildman–Crippen LogP) is 1.09. The molecule has 0 heterocycles. The summed E-state index contributed by atoms with van der Waals surface area (Å²) in [5.74, 6) is 0.188. The molecule has 0 radical (unpaired) electrons. The Morgan fingerprint density at radius 2 is 2.20 bits per heavy atom. The van der Waals surface area contributed by atoms with E-state index in [4.69, 9.17) is 18.0 Å². The van der Waals surface area contributed by atoms with Crippen LogP contribution in [0.15, 0.2) is 23.5 Å². The number of aliphatic hydroxyl groups is 1. The van der Waals surface area contributed by atoms with Crippen molar-refractivity contribution in [3.05, 3.63) is 23.5 Å². The van der Waals surface area contributed by atoms with Crippen molar-refractivity contribution < 1.29 is 5.11 Å². The maximum Gasteiger partial charge on any atom is 0.117 e. The molecule has 3 N–H and O–H groups in total. The lowest BCUT2D eigenvalue weighted by Crippen LogP contribution is -2.32. The number of hydrogen-bond acceptors (Lipinski definition) is 3. The van der Waals surface area contributed by atoms with Gasteiger partial charge in [-0.3, -0.25) is 0 Å². The Labute approximate surface area is 65.0 Å². The molecule has 0 aromatic heterocycles. The van der Waals surface area contributed by atoms with Crippen molar-refractivity contribution in [2.45, 2.75) is 13.0 Å². The van der Waals surface area contributed by atoms with Crippen LogP contribution in [0.4, 0.5) is 0 Å². The Balaban J connectivity index is 2.99. The van der Waals surface area contributed by atoms with Gasteiger partial charge in [-0.15, -0.1) is 0 Å². The summed E-state index contributed by atoms with van der Waals surface area (Å²) in [6.45, 7) is 1.80. The molecule has 1 atom stereocenters. The molecule has 10 heavy (non-hydrogen) atoms. The third kappa shape index (κ3) is 1.10. The summed E-state index contributed by atoms with van der Waals surface area (Å²) in [5, 5.41) is 9.23. The van der Waals surface area contributed by atoms with E-state index >= 15 is 0 Å². The van der Waals surface area contributed by atoms with Crippen LogP contribution in [0.25, 0.3) is 0 Å². The van der Waals surface area contributed by atoms with Gasteiger partial charge in [-0.25, -0.2) is 0 Å². The molecule has 0 spiro atoms. The second kappa shape index (κ2) is 2.52. The Morgan fingerprint density at radius 1 is 1.60 bits per heavy atom. The minimum atomic E-state index is -0.472. The van der Waals surface area contributed by atoms with Gasteiger partial charge in [0.25, 0.3) is 0 Å². The van der Waals surface area contributed by atoms with Gasteiger partial charge in [-0.1, -0.05) is 18.3 Å². The molecular formula is C7H9NOS. The van der Waals surface area contributed by atoms with Gasteiger partial charge in [0, 0.05) is 4.86 Å². The lowest BCUT2D eigenvalue weighted by Gasteiger charge is -2.15. The van der Waals surface area contributed by atoms with Gasteiger partial charge in [0.05, 0.1) is 6.04 Å². The molecule has 0 fully saturated rings. The maximum atomic E-state index is 9.23. The van der Waals surface area contributed by atoms with Crippen LogP contribution < -0.4 is 5.73 Å². The van der Waals surface area contributed by atoms with Crippen molar-refractivity contribution in [1.82, 2.24) is 0 Å². The minimum absolute atomic E-state index is 0.188. The zero-order valence-corrected chi connectivity index (χ0v) is 6.48. The van der Waals surface area contributed by atoms with Crippen LogP contribution in [-0.2, 0) is 0 Å². The summed E-state index contributed by atoms with van der Waals surface area (Å²) in [5.41, 5.74) is 6.30. The topological polar surface area (TPSA) is 46.2 Å². The second-order valence-corrected chi connectivity index (χ2v) is 2.75. The van der Waals surface area contributed by atoms with Crippen LogP contribution >= 0.6 is 12.2 Å². The van der Waals surface area contributed by atoms with E-state index in [0.717, 1.165) is 5.57 Å². The largest absolute Gasteiger partial charge is 0.510 e. The molecule has 0 saturated heterocycles. The number of rotatable bonds is 0. The minimum Gasteiger partial charge on any atom is -0.510 e. The van der Waals surface area contributed by atoms with Crippen LogP contribution in [0.3, 0.4) is 0 Å². The average molecular weight is 155 g/mol. The maximum absolute atomic E-state index is 9.23. The standard InChI is InChI=1S/C7H9NOS/c1-4-2-3-5(10)6(8)7(4)9/h2-3,6,9H,8H2,1H3. The van der Waals surface area contributed by atoms with Crippen molar-refractivity contribution in [3.63, 3.8) is 0 Å². The Bertz CT molecular complexity index is 230. The molecule has 0 aromatic carbocycles. The zero-order chi connectivity index (χ0) is 7.72. The highest BCUT2D eigenvalue weighted by atomic mass is 32.1. The SMILES string of the molecule is CC1=C(O)C(N)C(=S)C=C1. The Morgan fingerprint density at radius 3 is 2.70 bits per heavy atom. The van der Waals surface area contributed by atoms with Crippen molar-refractivity contribution >= 4 is 17.1 Å². The first-order valence-corrected chi connectivity index (χ1v) is 3.41. The van der Waals surface area contributed by atoms with Gasteiger partial charge >= 0.3 is 0 Å². The van der Waals surface area contributed by atoms with E-state index in [1.54, 1.807) is 19.1 Å². The molecule has 0 amide bonds. The molecular weight excluding hydrogens is 146 g/mol. The highest BCUT2D eigenvalue weighted by molar-refractivity contribution is 7.80. The van der Waals surface area contributed by atoms with E-state index in [2.05, 4.69) is 0 Å². The molecule has 2 nitrogen and oxygen atoms in total. The van der Waals surface area contributed by atoms with Gasteiger partial charge in [0.1, 0.15) is 5.76 Å². The summed E-state index contributed by atoms with van der Waals surface area (Å²) >= 11 is 4.85. The summed E-state index contributed by atoms with van der Waals surface area (Å²) in [6.07, 6.45) is 3.51. The van der Waals surface area contributed by atoms with Gasteiger partial charge in [-0.2, -0.15) is 0 Å². The first-order valence-electron chi connectivity index (χ1n) is 3.00. The van der Waals surface area contributed by atoms with Gasteiger partial charge < -0.3 is 10.8 Å². The Hall–Kier alpha value is -0.670. The van der Waals surface area contributed by atoms with Gasteiger partial charge in [0.2, 0.25) is 0 Å². The fourth-order valence-corrected chi connectivity index (χ4v) is 0.956. The normalized spacial score (nSPS) is 25.8. The van der Waals surface area contributed by atoms with E-state index < -0.39 is 6.04 Å². The molecule has 1 aliphatic carbocycles. The van der Waals surface area contributed by atoms with Crippen LogP contribution in [0, 0.1) is 0 Å². The van der Waals surface area contributed by atoms with Crippen LogP contribution in [0.2, 0.25) is 0 Å². The van der Waals surface area contributed by atoms with Gasteiger partial charge in [0.15, 0.2) is 0 Å². The highest BCUT2D eigenvalue weighted by Crippen LogP contribution is 2.13. The lowest BCUT2D eigenvalue weighted by atomic mass is 10.0. The molecule has 1 unspecified atom stereocenters. The van der Waals surface area contributed by atoms with Crippen LogP contribution in [0.1, 0.15) is 6.92 Å². The zero-order valence-electron chi connectivity index (χ0n) is 5.66. The summed E-state index contributed by atoms with van der Waals surface area (Å²) in [6, 6.07) is -0.472. The number of hydrogen-bond donors (Lipinski definition) is 2. The fourth-order valence-electron chi connectivity index (χ4n) is 0.776. The van der Waals surface area contributed by atoms with E-state index in [1.807, 2.05) is 0 Å². The lowest BCUT2D eigenvalue weighted by molar-refractivity contribution is 0.384. The third-order valence-corrected chi connectivity index (χ3v) is 1.89. The highest BCUT2D eigenvalue weighted by Gasteiger charge is 2.16. The quantitative estimate of drug-likeness (QED) is 0.515. The van der Waals surface area contributed by atoms with Crippen LogP contribution in [0.5, 0.6) is 0 Å². The molecule has 54 valence electrons. The van der Waals surface area contributed by atoms with E-state index in [1.165, 1.54) is 0 Å². The first-order chi connectivity index (χ1) is 4.63. The van der Waals surface area contributed by atoms with E-state index in [9.17, 15) is 5.11 Å². The number of allylic oxidation sites excluding steroid dienone is 2. The van der Waals surface area contributed by atoms with Crippen molar-refractivity contribution in [2.24, 2.45) is 5.73 Å². The van der Waals surface area contributed by atoms with Crippen molar-refractivity contribution in [1.29, 1.82) is 0 Å². The number of aliphatic hydroxyl groups excluding tert-OH is 1. The first kappa shape index (κ1) is 7.44. The molecule has 0 saturated carbocycles. The van der Waals surface area contributed by atoms with Crippen molar-refractivity contribution in [2.75, 3.05) is 0 Å². The summed E-state index contributed by atoms with van der Waals surface area (Å²) < 4.78 is 0. The number of thiocarbonyl (C=S) groups is 1. The second-order valence-electron chi connectivity index (χ2n) is 2.28. The van der Waals surface area contributed by atoms with Crippen molar-refractivity contribution in [3.8, 4) is 0 Å². The summed E-state index contributed by atoms with van der Waals surface area (Å²) in [7, 11) is 0. The third-order valence-electron chi connectivity index (χ3n) is 1.50. The predicted molar refractivity (Wildman–Crippen MR) is 45.0 cm³/mol. The molecule has 0 bridgehead atoms. The Kier molecular flexibility index (Phi) is 1.87. The monoisotopic (exact) mass is 155 g/mol. The fraction of sp³-hybridized carbons (Fsp3) is 0.286. The molecule has 1 rings (SSSR count). The van der Waals surface area contributed by atoms with E-state index in [-0.39, 0.29) is 5.76 Å². The van der Waals surface area contributed by atoms with Crippen LogP contribution in [-0.4, -0.2) is 16.0 Å². The smallest absolute Gasteiger partial charge is 0.117 e. The molecule has 3 heteroatoms. The average Bonchev–Trinajstić information content (AvgIpc) is 1.93. The number of nitrogens with two attached hydrogens (primary N) is 1. The van der Waals surface area contributed by atoms with E-state index in [0.29, 0.717) is 4.86 Å².